The number of carbonyl (C=O) groups is 2. The third-order valence-corrected chi connectivity index (χ3v) is 5.59. The summed E-state index contributed by atoms with van der Waals surface area (Å²) >= 11 is 0. The van der Waals surface area contributed by atoms with Crippen LogP contribution in [-0.2, 0) is 4.79 Å². The van der Waals surface area contributed by atoms with Gasteiger partial charge in [0.25, 0.3) is 0 Å². The van der Waals surface area contributed by atoms with Gasteiger partial charge < -0.3 is 21.0 Å². The van der Waals surface area contributed by atoms with Crippen LogP contribution in [-0.4, -0.2) is 58.6 Å². The van der Waals surface area contributed by atoms with E-state index in [2.05, 4.69) is 10.3 Å². The van der Waals surface area contributed by atoms with Gasteiger partial charge in [0.1, 0.15) is 0 Å². The van der Waals surface area contributed by atoms with E-state index in [0.717, 1.165) is 23.1 Å². The van der Waals surface area contributed by atoms with Crippen LogP contribution in [0.1, 0.15) is 48.5 Å². The molecule has 0 spiro atoms. The van der Waals surface area contributed by atoms with Crippen molar-refractivity contribution in [2.24, 2.45) is 21.2 Å². The lowest BCUT2D eigenvalue weighted by atomic mass is 9.88. The summed E-state index contributed by atoms with van der Waals surface area (Å²) in [6, 6.07) is 6.46. The predicted octanol–water partition coefficient (Wildman–Crippen LogP) is 3.14. The number of aliphatic hydroxyl groups is 1. The number of nitrogens with zero attached hydrogens (tertiary/aromatic N) is 4. The Hall–Kier alpha value is -3.59. The van der Waals surface area contributed by atoms with Crippen LogP contribution in [0.15, 0.2) is 69.0 Å². The van der Waals surface area contributed by atoms with E-state index in [-0.39, 0.29) is 30.5 Å². The number of rotatable bonds is 8. The van der Waals surface area contributed by atoms with Crippen molar-refractivity contribution in [1.82, 2.24) is 4.90 Å². The van der Waals surface area contributed by atoms with Gasteiger partial charge in [-0.3, -0.25) is 9.79 Å². The molecule has 1 aliphatic carbocycles. The Bertz CT molecular complexity index is 1040. The molecule has 2 aliphatic rings. The van der Waals surface area contributed by atoms with Gasteiger partial charge in [0.2, 0.25) is 5.91 Å². The maximum atomic E-state index is 13.3. The number of allylic oxidation sites excluding steroid dienone is 2. The molecular weight excluding hydrogens is 422 g/mol. The number of carboxylic acid groups (broad SMARTS) is 1. The molecule has 1 amide bonds. The minimum Gasteiger partial charge on any atom is -0.478 e. The molecule has 1 atom stereocenters. The second-order valence-electron chi connectivity index (χ2n) is 7.94. The maximum Gasteiger partial charge on any atom is 0.335 e. The molecule has 0 fully saturated rings. The minimum atomic E-state index is -0.968. The molecule has 1 aromatic rings. The van der Waals surface area contributed by atoms with E-state index in [1.807, 2.05) is 25.2 Å². The molecule has 1 aliphatic heterocycles. The van der Waals surface area contributed by atoms with Crippen molar-refractivity contribution in [3.8, 4) is 0 Å². The van der Waals surface area contributed by atoms with Gasteiger partial charge in [0, 0.05) is 31.7 Å². The minimum absolute atomic E-state index is 0.0227. The van der Waals surface area contributed by atoms with E-state index >= 15 is 0 Å². The van der Waals surface area contributed by atoms with Gasteiger partial charge in [-0.05, 0) is 54.2 Å². The summed E-state index contributed by atoms with van der Waals surface area (Å²) in [6.07, 6.45) is 7.90. The van der Waals surface area contributed by atoms with Crippen LogP contribution in [0.5, 0.6) is 0 Å². The third kappa shape index (κ3) is 6.01. The zero-order chi connectivity index (χ0) is 23.8. The number of hydrogen-bond acceptors (Lipinski definition) is 6. The van der Waals surface area contributed by atoms with Gasteiger partial charge >= 0.3 is 5.97 Å². The number of amidine groups is 1. The first-order valence-electron chi connectivity index (χ1n) is 11.0. The van der Waals surface area contributed by atoms with E-state index in [1.54, 1.807) is 29.2 Å². The van der Waals surface area contributed by atoms with Crippen molar-refractivity contribution in [3.05, 3.63) is 64.8 Å². The van der Waals surface area contributed by atoms with Gasteiger partial charge in [0.15, 0.2) is 5.84 Å². The van der Waals surface area contributed by atoms with Crippen molar-refractivity contribution < 1.29 is 19.8 Å². The van der Waals surface area contributed by atoms with Crippen LogP contribution in [0.25, 0.3) is 5.57 Å². The largest absolute Gasteiger partial charge is 0.478 e. The number of nitrogens with two attached hydrogens (primary N) is 1. The summed E-state index contributed by atoms with van der Waals surface area (Å²) in [5, 5.41) is 25.6. The lowest BCUT2D eigenvalue weighted by molar-refractivity contribution is -0.127. The first-order chi connectivity index (χ1) is 16.0. The lowest BCUT2D eigenvalue weighted by Crippen LogP contribution is -2.34. The highest BCUT2D eigenvalue weighted by Crippen LogP contribution is 2.33. The SMILES string of the molecule is CCCN(CCCO)C(=O)C1=CC2=CC=C(c3ccc(C(=O)O)cc3)CC2N=C(N=NN)C1. The number of carboxylic acids is 1. The molecule has 4 N–H and O–H groups in total. The van der Waals surface area contributed by atoms with Gasteiger partial charge in [-0.1, -0.05) is 36.4 Å². The molecule has 33 heavy (non-hydrogen) atoms. The number of benzene rings is 1. The quantitative estimate of drug-likeness (QED) is 0.316. The summed E-state index contributed by atoms with van der Waals surface area (Å²) < 4.78 is 0. The van der Waals surface area contributed by atoms with Crippen molar-refractivity contribution in [3.63, 3.8) is 0 Å². The smallest absolute Gasteiger partial charge is 0.335 e. The van der Waals surface area contributed by atoms with Gasteiger partial charge in [-0.2, -0.15) is 0 Å². The van der Waals surface area contributed by atoms with E-state index in [4.69, 9.17) is 15.9 Å². The number of aliphatic imine (C=N–C) groups is 1. The summed E-state index contributed by atoms with van der Waals surface area (Å²) in [5.74, 6) is 4.60. The Labute approximate surface area is 192 Å². The molecule has 1 aromatic carbocycles. The standard InChI is InChI=1S/C24H29N5O4/c1-2-10-29(11-3-12-30)23(31)20-13-19-9-8-18(14-21(19)26-22(15-20)27-28-25)16-4-6-17(7-5-16)24(32)33/h4-9,13,21,30H,2-3,10-12,14-15H2,1H3,(H,32,33)(H2,25,26,27). The van der Waals surface area contributed by atoms with Gasteiger partial charge in [0.05, 0.1) is 11.6 Å². The highest BCUT2D eigenvalue weighted by atomic mass is 16.4. The molecule has 0 radical (unpaired) electrons. The Morgan fingerprint density at radius 3 is 2.61 bits per heavy atom. The van der Waals surface area contributed by atoms with E-state index in [0.29, 0.717) is 37.3 Å². The second kappa shape index (κ2) is 11.3. The Kier molecular flexibility index (Phi) is 8.26. The van der Waals surface area contributed by atoms with Crippen molar-refractivity contribution in [2.45, 2.75) is 38.6 Å². The average molecular weight is 452 g/mol. The summed E-state index contributed by atoms with van der Waals surface area (Å²) in [4.78, 5) is 30.9. The van der Waals surface area contributed by atoms with E-state index in [1.165, 1.54) is 0 Å². The fourth-order valence-corrected chi connectivity index (χ4v) is 3.97. The van der Waals surface area contributed by atoms with Crippen molar-refractivity contribution in [2.75, 3.05) is 19.7 Å². The lowest BCUT2D eigenvalue weighted by Gasteiger charge is -2.23. The third-order valence-electron chi connectivity index (χ3n) is 5.59. The number of amides is 1. The second-order valence-corrected chi connectivity index (χ2v) is 7.94. The Balaban J connectivity index is 1.93. The molecular formula is C24H29N5O4. The Morgan fingerprint density at radius 1 is 1.21 bits per heavy atom. The summed E-state index contributed by atoms with van der Waals surface area (Å²) in [6.45, 7) is 3.10. The molecule has 0 saturated heterocycles. The number of aromatic carboxylic acids is 1. The zero-order valence-corrected chi connectivity index (χ0v) is 18.6. The fraction of sp³-hybridized carbons (Fsp3) is 0.375. The van der Waals surface area contributed by atoms with Crippen LogP contribution in [0, 0.1) is 0 Å². The van der Waals surface area contributed by atoms with E-state index < -0.39 is 5.97 Å². The highest BCUT2D eigenvalue weighted by Gasteiger charge is 2.27. The molecule has 1 unspecified atom stereocenters. The van der Waals surface area contributed by atoms with Crippen LogP contribution < -0.4 is 5.84 Å². The monoisotopic (exact) mass is 451 g/mol. The molecule has 0 bridgehead atoms. The van der Waals surface area contributed by atoms with E-state index in [9.17, 15) is 14.7 Å². The number of carbonyl (C=O) groups excluding carboxylic acids is 1. The molecule has 9 heteroatoms. The fourth-order valence-electron chi connectivity index (χ4n) is 3.97. The first-order valence-corrected chi connectivity index (χ1v) is 11.0. The van der Waals surface area contributed by atoms with Crippen molar-refractivity contribution in [1.29, 1.82) is 0 Å². The Morgan fingerprint density at radius 2 is 1.97 bits per heavy atom. The number of aliphatic hydroxyl groups excluding tert-OH is 1. The number of fused-ring (bicyclic) bond motifs is 1. The van der Waals surface area contributed by atoms with Crippen LogP contribution in [0.4, 0.5) is 0 Å². The van der Waals surface area contributed by atoms with Gasteiger partial charge in [-0.25, -0.2) is 4.79 Å². The average Bonchev–Trinajstić information content (AvgIpc) is 3.00. The molecule has 0 saturated carbocycles. The topological polar surface area (TPSA) is 141 Å². The highest BCUT2D eigenvalue weighted by molar-refractivity contribution is 6.01. The molecule has 3 rings (SSSR count). The molecule has 174 valence electrons. The van der Waals surface area contributed by atoms with Crippen LogP contribution >= 0.6 is 0 Å². The zero-order valence-electron chi connectivity index (χ0n) is 18.6. The number of hydrogen-bond donors (Lipinski definition) is 3. The summed E-state index contributed by atoms with van der Waals surface area (Å²) in [5.41, 5.74) is 3.60. The normalized spacial score (nSPS) is 17.9. The van der Waals surface area contributed by atoms with Crippen LogP contribution in [0.2, 0.25) is 0 Å². The molecule has 1 heterocycles. The summed E-state index contributed by atoms with van der Waals surface area (Å²) in [7, 11) is 0. The van der Waals surface area contributed by atoms with Crippen molar-refractivity contribution >= 4 is 23.3 Å². The molecule has 9 nitrogen and oxygen atoms in total. The molecule has 0 aromatic heterocycles. The predicted molar refractivity (Wildman–Crippen MR) is 126 cm³/mol. The maximum absolute atomic E-state index is 13.3. The first kappa shape index (κ1) is 24.1. The van der Waals surface area contributed by atoms with Gasteiger partial charge in [-0.15, -0.1) is 5.11 Å². The van der Waals surface area contributed by atoms with Crippen LogP contribution in [0.3, 0.4) is 0 Å².